The van der Waals surface area contributed by atoms with Crippen LogP contribution in [-0.2, 0) is 44.4 Å². The molecule has 4 aromatic carbocycles. The van der Waals surface area contributed by atoms with Gasteiger partial charge in [0.25, 0.3) is 0 Å². The van der Waals surface area contributed by atoms with Gasteiger partial charge < -0.3 is 29.2 Å². The van der Waals surface area contributed by atoms with Crippen LogP contribution in [0.5, 0.6) is 23.0 Å². The van der Waals surface area contributed by atoms with Gasteiger partial charge in [-0.3, -0.25) is 29.6 Å². The van der Waals surface area contributed by atoms with Gasteiger partial charge in [0, 0.05) is 110 Å². The lowest BCUT2D eigenvalue weighted by molar-refractivity contribution is -0.143. The number of hydrogen-bond acceptors (Lipinski definition) is 11. The fraction of sp³-hybridized carbons (Fsp3) is 0.288. The number of nitrogens with zero attached hydrogens (tertiary/aromatic N) is 5. The lowest BCUT2D eigenvalue weighted by Crippen LogP contribution is -2.38. The van der Waals surface area contributed by atoms with E-state index in [1.54, 1.807) is 63.4 Å². The quantitative estimate of drug-likeness (QED) is 0.0752. The molecule has 6 aromatic rings. The van der Waals surface area contributed by atoms with Crippen molar-refractivity contribution in [3.8, 4) is 34.1 Å². The number of hydrogen-bond donors (Lipinski definition) is 2. The highest BCUT2D eigenvalue weighted by atomic mass is 35.5. The van der Waals surface area contributed by atoms with Crippen molar-refractivity contribution >= 4 is 41.6 Å². The first-order chi connectivity index (χ1) is 32.0. The number of ether oxygens (including phenoxy) is 4. The minimum Gasteiger partial charge on any atom is -0.488 e. The molecule has 2 aromatic heterocycles. The van der Waals surface area contributed by atoms with Gasteiger partial charge in [0.2, 0.25) is 0 Å². The smallest absolute Gasteiger partial charge is 0.307 e. The molecular formula is C52H53Cl2N5O7. The first kappa shape index (κ1) is 47.6. The summed E-state index contributed by atoms with van der Waals surface area (Å²) in [5, 5.41) is 20.6. The average molecular weight is 931 g/mol. The van der Waals surface area contributed by atoms with Gasteiger partial charge in [-0.25, -0.2) is 0 Å². The van der Waals surface area contributed by atoms with Crippen molar-refractivity contribution in [2.24, 2.45) is 15.9 Å². The van der Waals surface area contributed by atoms with Crippen LogP contribution in [0.3, 0.4) is 0 Å². The first-order valence-electron chi connectivity index (χ1n) is 21.6. The Balaban J connectivity index is 1.07. The molecular weight excluding hydrogens is 878 g/mol. The Morgan fingerprint density at radius 3 is 1.70 bits per heavy atom. The van der Waals surface area contributed by atoms with Gasteiger partial charge in [0.15, 0.2) is 0 Å². The number of halogens is 2. The molecule has 0 aliphatic carbocycles. The monoisotopic (exact) mass is 929 g/mol. The van der Waals surface area contributed by atoms with E-state index in [1.807, 2.05) is 48.5 Å². The number of benzene rings is 4. The molecule has 0 amide bonds. The normalized spacial score (nSPS) is 14.2. The maximum Gasteiger partial charge on any atom is 0.307 e. The molecule has 1 saturated heterocycles. The molecule has 1 aliphatic heterocycles. The topological polar surface area (TPSA) is 148 Å². The number of aliphatic hydroxyl groups is 1. The molecule has 1 unspecified atom stereocenters. The molecule has 0 bridgehead atoms. The predicted molar refractivity (Wildman–Crippen MR) is 259 cm³/mol. The van der Waals surface area contributed by atoms with Gasteiger partial charge in [-0.05, 0) is 90.9 Å². The predicted octanol–water partition coefficient (Wildman–Crippen LogP) is 10.3. The molecule has 0 radical (unpaired) electrons. The Labute approximate surface area is 395 Å². The largest absolute Gasteiger partial charge is 0.488 e. The van der Waals surface area contributed by atoms with E-state index >= 15 is 0 Å². The van der Waals surface area contributed by atoms with E-state index in [1.165, 1.54) is 0 Å². The second kappa shape index (κ2) is 22.7. The van der Waals surface area contributed by atoms with E-state index in [2.05, 4.69) is 50.8 Å². The maximum absolute atomic E-state index is 11.9. The van der Waals surface area contributed by atoms with E-state index in [9.17, 15) is 15.0 Å². The van der Waals surface area contributed by atoms with Gasteiger partial charge in [0.1, 0.15) is 49.4 Å². The van der Waals surface area contributed by atoms with Crippen molar-refractivity contribution in [2.45, 2.75) is 66.3 Å². The van der Waals surface area contributed by atoms with E-state index in [4.69, 9.17) is 42.1 Å². The van der Waals surface area contributed by atoms with E-state index < -0.39 is 11.9 Å². The lowest BCUT2D eigenvalue weighted by Gasteiger charge is -2.31. The highest BCUT2D eigenvalue weighted by Crippen LogP contribution is 2.38. The number of likely N-dealkylation sites (tertiary alicyclic amines) is 1. The summed E-state index contributed by atoms with van der Waals surface area (Å²) in [6.07, 6.45) is 11.9. The molecule has 1 atom stereocenters. The molecule has 14 heteroatoms. The second-order valence-electron chi connectivity index (χ2n) is 16.2. The highest BCUT2D eigenvalue weighted by molar-refractivity contribution is 6.32. The van der Waals surface area contributed by atoms with Crippen LogP contribution in [0.25, 0.3) is 11.1 Å². The summed E-state index contributed by atoms with van der Waals surface area (Å²) in [6, 6.07) is 23.3. The Morgan fingerprint density at radius 1 is 0.697 bits per heavy atom. The van der Waals surface area contributed by atoms with Gasteiger partial charge >= 0.3 is 5.97 Å². The minimum atomic E-state index is -0.777. The van der Waals surface area contributed by atoms with Crippen LogP contribution < -0.4 is 18.9 Å². The van der Waals surface area contributed by atoms with Crippen molar-refractivity contribution < 1.29 is 34.0 Å². The average Bonchev–Trinajstić information content (AvgIpc) is 3.31. The molecule has 342 valence electrons. The number of aliphatic hydroxyl groups excluding tert-OH is 1. The number of pyridine rings is 2. The Bertz CT molecular complexity index is 2730. The SMILES string of the molecule is C/N=C\c1cncc(COc2cc(OCc3cccc(-c4cccc(COc5cc(OCc6cncc(/C=N/C)c6)c(CO)cc5Cl)c4C)c3C)c(Cl)cc2CN2CCCC(C(=O)O)C2)c1. The molecule has 7 rings (SSSR count). The van der Waals surface area contributed by atoms with Gasteiger partial charge in [0.05, 0.1) is 22.6 Å². The molecule has 2 N–H and O–H groups in total. The number of rotatable bonds is 19. The molecule has 1 aliphatic rings. The third kappa shape index (κ3) is 12.1. The number of aliphatic carboxylic acids is 1. The minimum absolute atomic E-state index is 0.228. The molecule has 66 heavy (non-hydrogen) atoms. The van der Waals surface area contributed by atoms with Crippen LogP contribution in [0, 0.1) is 19.8 Å². The fourth-order valence-corrected chi connectivity index (χ4v) is 8.52. The third-order valence-electron chi connectivity index (χ3n) is 11.6. The van der Waals surface area contributed by atoms with E-state index in [0.717, 1.165) is 74.2 Å². The summed E-state index contributed by atoms with van der Waals surface area (Å²) in [5.74, 6) is 0.758. The molecule has 1 fully saturated rings. The second-order valence-corrected chi connectivity index (χ2v) is 17.0. The highest BCUT2D eigenvalue weighted by Gasteiger charge is 2.26. The zero-order valence-electron chi connectivity index (χ0n) is 37.5. The van der Waals surface area contributed by atoms with Crippen LogP contribution in [0.15, 0.2) is 108 Å². The number of carboxylic acid groups (broad SMARTS) is 1. The van der Waals surface area contributed by atoms with Crippen molar-refractivity contribution in [3.05, 3.63) is 163 Å². The summed E-state index contributed by atoms with van der Waals surface area (Å²) in [5.41, 5.74) is 11.0. The molecule has 3 heterocycles. The first-order valence-corrected chi connectivity index (χ1v) is 22.4. The summed E-state index contributed by atoms with van der Waals surface area (Å²) in [4.78, 5) is 30.8. The number of aromatic nitrogens is 2. The summed E-state index contributed by atoms with van der Waals surface area (Å²) in [6.45, 7) is 6.58. The fourth-order valence-electron chi connectivity index (χ4n) is 8.04. The van der Waals surface area contributed by atoms with Crippen LogP contribution in [0.4, 0.5) is 0 Å². The summed E-state index contributed by atoms with van der Waals surface area (Å²) in [7, 11) is 3.42. The molecule has 0 saturated carbocycles. The van der Waals surface area contributed by atoms with Crippen molar-refractivity contribution in [1.82, 2.24) is 14.9 Å². The number of piperidine rings is 1. The maximum atomic E-state index is 11.9. The van der Waals surface area contributed by atoms with Crippen LogP contribution in [0.1, 0.15) is 68.5 Å². The number of carboxylic acids is 1. The standard InChI is InChI=1S/C52H53Cl2N5O7/c1-33-40(31-65-50-18-48(63-29-37-14-35(20-55-3)22-57-24-37)42(16-46(50)53)27-59-13-7-10-39(26-59)52(61)62)8-5-11-44(33)45-12-6-9-41(34(45)2)32-66-51-19-49(43(28-60)17-47(51)54)64-30-38-15-36(21-56-4)23-58-25-38/h5-6,8-9,11-12,14-25,39,60H,7,10,13,26-32H2,1-4H3,(H,61,62)/b55-20-,56-21+. The Morgan fingerprint density at radius 2 is 1.20 bits per heavy atom. The summed E-state index contributed by atoms with van der Waals surface area (Å²) >= 11 is 13.6. The summed E-state index contributed by atoms with van der Waals surface area (Å²) < 4.78 is 25.4. The third-order valence-corrected chi connectivity index (χ3v) is 12.2. The van der Waals surface area contributed by atoms with Gasteiger partial charge in [-0.2, -0.15) is 0 Å². The van der Waals surface area contributed by atoms with E-state index in [0.29, 0.717) is 58.1 Å². The zero-order chi connectivity index (χ0) is 46.6. The molecule has 12 nitrogen and oxygen atoms in total. The van der Waals surface area contributed by atoms with Crippen molar-refractivity contribution in [3.63, 3.8) is 0 Å². The van der Waals surface area contributed by atoms with Crippen LogP contribution in [0.2, 0.25) is 10.0 Å². The van der Waals surface area contributed by atoms with Gasteiger partial charge in [-0.1, -0.05) is 59.6 Å². The van der Waals surface area contributed by atoms with Crippen molar-refractivity contribution in [1.29, 1.82) is 0 Å². The molecule has 0 spiro atoms. The van der Waals surface area contributed by atoms with Gasteiger partial charge in [-0.15, -0.1) is 0 Å². The van der Waals surface area contributed by atoms with E-state index in [-0.39, 0.29) is 33.0 Å². The number of aliphatic imine (C=N–C) groups is 2. The van der Waals surface area contributed by atoms with Crippen LogP contribution >= 0.6 is 23.2 Å². The van der Waals surface area contributed by atoms with Crippen LogP contribution in [-0.4, -0.2) is 70.7 Å². The Kier molecular flexibility index (Phi) is 16.4. The zero-order valence-corrected chi connectivity index (χ0v) is 39.0. The lowest BCUT2D eigenvalue weighted by atomic mass is 9.92. The van der Waals surface area contributed by atoms with Crippen molar-refractivity contribution in [2.75, 3.05) is 27.2 Å². The number of carbonyl (C=O) groups is 1. The Hall–Kier alpha value is -6.31.